The minimum Gasteiger partial charge on any atom is -0.365 e. The quantitative estimate of drug-likeness (QED) is 0.801. The molecule has 4 nitrogen and oxygen atoms in total. The normalized spacial score (nSPS) is 10.7. The van der Waals surface area contributed by atoms with Gasteiger partial charge in [0.15, 0.2) is 5.82 Å². The molecule has 0 bridgehead atoms. The minimum atomic E-state index is -0.0662. The van der Waals surface area contributed by atoms with Gasteiger partial charge in [-0.1, -0.05) is 26.7 Å². The van der Waals surface area contributed by atoms with Crippen LogP contribution in [0.2, 0.25) is 0 Å². The van der Waals surface area contributed by atoms with Gasteiger partial charge in [0, 0.05) is 26.0 Å². The number of rotatable bonds is 5. The summed E-state index contributed by atoms with van der Waals surface area (Å²) in [6.07, 6.45) is 5.54. The van der Waals surface area contributed by atoms with Gasteiger partial charge in [-0.05, 0) is 5.92 Å². The van der Waals surface area contributed by atoms with Crippen LogP contribution in [-0.2, 0) is 7.05 Å². The fraction of sp³-hybridized carbons (Fsp3) is 0.636. The summed E-state index contributed by atoms with van der Waals surface area (Å²) in [5.74, 6) is 1.06. The van der Waals surface area contributed by atoms with Gasteiger partial charge in [0.25, 0.3) is 5.56 Å². The molecule has 0 aliphatic carbocycles. The Morgan fingerprint density at radius 1 is 1.47 bits per heavy atom. The molecule has 4 heteroatoms. The van der Waals surface area contributed by atoms with Crippen molar-refractivity contribution in [3.63, 3.8) is 0 Å². The zero-order valence-electron chi connectivity index (χ0n) is 9.66. The molecule has 1 rings (SSSR count). The molecule has 1 aromatic heterocycles. The summed E-state index contributed by atoms with van der Waals surface area (Å²) in [5, 5.41) is 3.11. The predicted octanol–water partition coefficient (Wildman–Crippen LogP) is 1.63. The van der Waals surface area contributed by atoms with E-state index in [0.717, 1.165) is 19.4 Å². The van der Waals surface area contributed by atoms with E-state index in [1.807, 2.05) is 0 Å². The maximum atomic E-state index is 11.6. The number of hydrogen-bond acceptors (Lipinski definition) is 3. The lowest BCUT2D eigenvalue weighted by Gasteiger charge is -2.13. The first-order chi connectivity index (χ1) is 7.19. The van der Waals surface area contributed by atoms with Gasteiger partial charge in [-0.15, -0.1) is 0 Å². The Hall–Kier alpha value is -1.32. The summed E-state index contributed by atoms with van der Waals surface area (Å²) >= 11 is 0. The average molecular weight is 209 g/mol. The first-order valence-electron chi connectivity index (χ1n) is 5.44. The fourth-order valence-corrected chi connectivity index (χ4v) is 1.44. The number of anilines is 1. The second-order valence-electron chi connectivity index (χ2n) is 3.76. The summed E-state index contributed by atoms with van der Waals surface area (Å²) in [6.45, 7) is 5.14. The van der Waals surface area contributed by atoms with Crippen LogP contribution >= 0.6 is 0 Å². The van der Waals surface area contributed by atoms with Crippen molar-refractivity contribution in [1.29, 1.82) is 0 Å². The van der Waals surface area contributed by atoms with Gasteiger partial charge in [0.05, 0.1) is 0 Å². The molecule has 0 unspecified atom stereocenters. The lowest BCUT2D eigenvalue weighted by molar-refractivity contribution is 0.518. The average Bonchev–Trinajstić information content (AvgIpc) is 2.25. The fourth-order valence-electron chi connectivity index (χ4n) is 1.44. The predicted molar refractivity (Wildman–Crippen MR) is 62.0 cm³/mol. The van der Waals surface area contributed by atoms with Crippen molar-refractivity contribution in [2.45, 2.75) is 26.7 Å². The third-order valence-electron chi connectivity index (χ3n) is 2.73. The molecule has 1 heterocycles. The zero-order valence-corrected chi connectivity index (χ0v) is 9.66. The van der Waals surface area contributed by atoms with E-state index >= 15 is 0 Å². The molecule has 0 aliphatic rings. The third-order valence-corrected chi connectivity index (χ3v) is 2.73. The molecular weight excluding hydrogens is 190 g/mol. The molecule has 0 saturated carbocycles. The lowest BCUT2D eigenvalue weighted by Crippen LogP contribution is -2.24. The van der Waals surface area contributed by atoms with E-state index in [4.69, 9.17) is 0 Å². The smallest absolute Gasteiger partial charge is 0.293 e. The molecule has 0 aliphatic heterocycles. The third kappa shape index (κ3) is 3.08. The van der Waals surface area contributed by atoms with Crippen LogP contribution in [0, 0.1) is 5.92 Å². The molecule has 84 valence electrons. The Morgan fingerprint density at radius 2 is 2.13 bits per heavy atom. The van der Waals surface area contributed by atoms with Crippen LogP contribution in [0.25, 0.3) is 0 Å². The summed E-state index contributed by atoms with van der Waals surface area (Å²) in [6, 6.07) is 0. The molecule has 0 aromatic carbocycles. The molecule has 0 atom stereocenters. The van der Waals surface area contributed by atoms with Crippen molar-refractivity contribution in [1.82, 2.24) is 9.55 Å². The first-order valence-corrected chi connectivity index (χ1v) is 5.44. The number of aryl methyl sites for hydroxylation is 1. The SMILES string of the molecule is CCC(CC)CNc1nccn(C)c1=O. The number of nitrogens with one attached hydrogen (secondary N) is 1. The van der Waals surface area contributed by atoms with Crippen LogP contribution in [0.3, 0.4) is 0 Å². The molecule has 1 N–H and O–H groups in total. The van der Waals surface area contributed by atoms with Crippen molar-refractivity contribution in [3.8, 4) is 0 Å². The van der Waals surface area contributed by atoms with E-state index in [1.165, 1.54) is 4.57 Å². The molecule has 0 amide bonds. The lowest BCUT2D eigenvalue weighted by atomic mass is 10.0. The van der Waals surface area contributed by atoms with Gasteiger partial charge >= 0.3 is 0 Å². The maximum absolute atomic E-state index is 11.6. The van der Waals surface area contributed by atoms with Crippen molar-refractivity contribution in [3.05, 3.63) is 22.7 Å². The number of nitrogens with zero attached hydrogens (tertiary/aromatic N) is 2. The first kappa shape index (κ1) is 11.8. The van der Waals surface area contributed by atoms with Gasteiger partial charge in [0.2, 0.25) is 0 Å². The molecule has 0 spiro atoms. The highest BCUT2D eigenvalue weighted by atomic mass is 16.1. The van der Waals surface area contributed by atoms with E-state index < -0.39 is 0 Å². The van der Waals surface area contributed by atoms with Crippen molar-refractivity contribution in [2.24, 2.45) is 13.0 Å². The van der Waals surface area contributed by atoms with E-state index in [-0.39, 0.29) is 5.56 Å². The Labute approximate surface area is 90.3 Å². The minimum absolute atomic E-state index is 0.0662. The topological polar surface area (TPSA) is 46.9 Å². The number of aromatic nitrogens is 2. The van der Waals surface area contributed by atoms with Gasteiger partial charge < -0.3 is 9.88 Å². The van der Waals surface area contributed by atoms with Crippen molar-refractivity contribution < 1.29 is 0 Å². The highest BCUT2D eigenvalue weighted by Crippen LogP contribution is 2.07. The van der Waals surface area contributed by atoms with Gasteiger partial charge in [-0.2, -0.15) is 0 Å². The zero-order chi connectivity index (χ0) is 11.3. The Bertz CT molecular complexity index is 355. The maximum Gasteiger partial charge on any atom is 0.293 e. The van der Waals surface area contributed by atoms with Crippen LogP contribution in [0.4, 0.5) is 5.82 Å². The van der Waals surface area contributed by atoms with Crippen molar-refractivity contribution in [2.75, 3.05) is 11.9 Å². The largest absolute Gasteiger partial charge is 0.365 e. The van der Waals surface area contributed by atoms with Crippen LogP contribution in [0.5, 0.6) is 0 Å². The second-order valence-corrected chi connectivity index (χ2v) is 3.76. The summed E-state index contributed by atoms with van der Waals surface area (Å²) in [5.41, 5.74) is -0.0662. The molecular formula is C11H19N3O. The van der Waals surface area contributed by atoms with Crippen molar-refractivity contribution >= 4 is 5.82 Å². The van der Waals surface area contributed by atoms with E-state index in [9.17, 15) is 4.79 Å². The van der Waals surface area contributed by atoms with E-state index in [2.05, 4.69) is 24.1 Å². The van der Waals surface area contributed by atoms with Crippen LogP contribution in [-0.4, -0.2) is 16.1 Å². The summed E-state index contributed by atoms with van der Waals surface area (Å²) < 4.78 is 1.53. The Balaban J connectivity index is 2.65. The highest BCUT2D eigenvalue weighted by molar-refractivity contribution is 5.30. The van der Waals surface area contributed by atoms with Crippen LogP contribution in [0.15, 0.2) is 17.2 Å². The highest BCUT2D eigenvalue weighted by Gasteiger charge is 2.06. The van der Waals surface area contributed by atoms with E-state index in [1.54, 1.807) is 19.4 Å². The van der Waals surface area contributed by atoms with Gasteiger partial charge in [0.1, 0.15) is 0 Å². The molecule has 0 fully saturated rings. The van der Waals surface area contributed by atoms with E-state index in [0.29, 0.717) is 11.7 Å². The Morgan fingerprint density at radius 3 is 2.73 bits per heavy atom. The van der Waals surface area contributed by atoms with Gasteiger partial charge in [-0.3, -0.25) is 4.79 Å². The van der Waals surface area contributed by atoms with Crippen LogP contribution < -0.4 is 10.9 Å². The molecule has 0 radical (unpaired) electrons. The van der Waals surface area contributed by atoms with Crippen LogP contribution in [0.1, 0.15) is 26.7 Å². The second kappa shape index (κ2) is 5.53. The standard InChI is InChI=1S/C11H19N3O/c1-4-9(5-2)8-13-10-11(15)14(3)7-6-12-10/h6-7,9H,4-5,8H2,1-3H3,(H,12,13). The molecule has 1 aromatic rings. The Kier molecular flexibility index (Phi) is 4.34. The monoisotopic (exact) mass is 209 g/mol. The van der Waals surface area contributed by atoms with Gasteiger partial charge in [-0.25, -0.2) is 4.98 Å². The molecule has 0 saturated heterocycles. The number of hydrogen-bond donors (Lipinski definition) is 1. The molecule has 15 heavy (non-hydrogen) atoms. The summed E-state index contributed by atoms with van der Waals surface area (Å²) in [4.78, 5) is 15.6. The summed E-state index contributed by atoms with van der Waals surface area (Å²) in [7, 11) is 1.73.